The maximum absolute atomic E-state index is 15.2. The SMILES string of the molecule is Cc1nc2nn(C)cc2cc1-n1nc(-c2cccc(N)c2C=NCC(F)c2ccc(C(=O)N(C)C)cc2)c(C2CC2(F)F)c1C. The van der Waals surface area contributed by atoms with Crippen molar-refractivity contribution in [1.82, 2.24) is 29.4 Å². The number of hydrogen-bond donors (Lipinski definition) is 1. The van der Waals surface area contributed by atoms with Crippen molar-refractivity contribution in [3.8, 4) is 16.9 Å². The van der Waals surface area contributed by atoms with E-state index in [0.29, 0.717) is 61.9 Å². The first-order valence-electron chi connectivity index (χ1n) is 14.5. The molecule has 2 aromatic carbocycles. The molecule has 232 valence electrons. The summed E-state index contributed by atoms with van der Waals surface area (Å²) in [5.74, 6) is -4.02. The minimum atomic E-state index is -2.85. The monoisotopic (exact) mass is 614 g/mol. The Hall–Kier alpha value is -5.00. The summed E-state index contributed by atoms with van der Waals surface area (Å²) in [4.78, 5) is 22.6. The molecule has 0 spiro atoms. The Morgan fingerprint density at radius 2 is 1.89 bits per heavy atom. The van der Waals surface area contributed by atoms with Gasteiger partial charge in [-0.3, -0.25) is 14.5 Å². The molecule has 2 unspecified atom stereocenters. The van der Waals surface area contributed by atoms with Gasteiger partial charge in [0.25, 0.3) is 11.8 Å². The van der Waals surface area contributed by atoms with Crippen LogP contribution in [0.25, 0.3) is 28.0 Å². The summed E-state index contributed by atoms with van der Waals surface area (Å²) in [5, 5.41) is 10.0. The number of aromatic nitrogens is 5. The molecule has 1 amide bonds. The number of nitrogens with zero attached hydrogens (tertiary/aromatic N) is 7. The van der Waals surface area contributed by atoms with Crippen molar-refractivity contribution >= 4 is 28.8 Å². The molecule has 0 radical (unpaired) electrons. The molecule has 5 aromatic rings. The molecule has 3 aromatic heterocycles. The summed E-state index contributed by atoms with van der Waals surface area (Å²) in [6, 6.07) is 13.4. The van der Waals surface area contributed by atoms with E-state index in [1.165, 1.54) is 11.1 Å². The second-order valence-electron chi connectivity index (χ2n) is 11.7. The van der Waals surface area contributed by atoms with Crippen LogP contribution in [0.3, 0.4) is 0 Å². The second kappa shape index (κ2) is 11.2. The molecule has 1 aliphatic carbocycles. The van der Waals surface area contributed by atoms with Crippen molar-refractivity contribution in [1.29, 1.82) is 0 Å². The van der Waals surface area contributed by atoms with Crippen LogP contribution in [-0.4, -0.2) is 68.1 Å². The van der Waals surface area contributed by atoms with Gasteiger partial charge in [0.1, 0.15) is 6.17 Å². The Morgan fingerprint density at radius 1 is 1.18 bits per heavy atom. The third-order valence-corrected chi connectivity index (χ3v) is 8.14. The van der Waals surface area contributed by atoms with E-state index in [4.69, 9.17) is 10.8 Å². The van der Waals surface area contributed by atoms with E-state index in [1.54, 1.807) is 79.9 Å². The molecule has 1 aliphatic rings. The molecular formula is C33H33F3N8O. The number of carbonyl (C=O) groups is 1. The molecule has 2 atom stereocenters. The molecule has 0 bridgehead atoms. The number of pyridine rings is 1. The first-order valence-corrected chi connectivity index (χ1v) is 14.5. The predicted octanol–water partition coefficient (Wildman–Crippen LogP) is 5.97. The summed E-state index contributed by atoms with van der Waals surface area (Å²) in [5.41, 5.74) is 11.8. The molecular weight excluding hydrogens is 581 g/mol. The highest BCUT2D eigenvalue weighted by atomic mass is 19.3. The number of hydrogen-bond acceptors (Lipinski definition) is 6. The Bertz CT molecular complexity index is 1960. The molecule has 3 heterocycles. The van der Waals surface area contributed by atoms with Crippen LogP contribution < -0.4 is 5.73 Å². The third kappa shape index (κ3) is 5.56. The van der Waals surface area contributed by atoms with Gasteiger partial charge in [-0.25, -0.2) is 22.8 Å². The zero-order valence-corrected chi connectivity index (χ0v) is 25.6. The van der Waals surface area contributed by atoms with Gasteiger partial charge in [0.2, 0.25) is 0 Å². The summed E-state index contributed by atoms with van der Waals surface area (Å²) in [6.07, 6.45) is 1.60. The van der Waals surface area contributed by atoms with Crippen molar-refractivity contribution in [3.63, 3.8) is 0 Å². The first kappa shape index (κ1) is 30.0. The van der Waals surface area contributed by atoms with Crippen molar-refractivity contribution in [2.24, 2.45) is 12.0 Å². The Kier molecular flexibility index (Phi) is 7.46. The molecule has 6 rings (SSSR count). The standard InChI is InChI=1S/C33H33F3N8O/c1-18-28(13-22-17-43(5)41-31(22)39-18)44-19(2)29(25-14-33(25,35)36)30(40-44)23-7-6-8-27(37)24(23)15-38-16-26(34)20-9-11-21(12-10-20)32(45)42(3)4/h6-13,15,17,25-26H,14,16,37H2,1-5H3. The minimum absolute atomic E-state index is 0.174. The lowest BCUT2D eigenvalue weighted by atomic mass is 9.97. The van der Waals surface area contributed by atoms with E-state index >= 15 is 4.39 Å². The predicted molar refractivity (Wildman–Crippen MR) is 168 cm³/mol. The van der Waals surface area contributed by atoms with Crippen molar-refractivity contribution < 1.29 is 18.0 Å². The van der Waals surface area contributed by atoms with Crippen molar-refractivity contribution in [3.05, 3.63) is 88.4 Å². The number of benzene rings is 2. The van der Waals surface area contributed by atoms with Crippen LogP contribution in [0.1, 0.15) is 56.9 Å². The highest BCUT2D eigenvalue weighted by Crippen LogP contribution is 2.58. The third-order valence-electron chi connectivity index (χ3n) is 8.14. The molecule has 9 nitrogen and oxygen atoms in total. The van der Waals surface area contributed by atoms with Gasteiger partial charge in [-0.1, -0.05) is 24.3 Å². The summed E-state index contributed by atoms with van der Waals surface area (Å²) >= 11 is 0. The average molecular weight is 615 g/mol. The summed E-state index contributed by atoms with van der Waals surface area (Å²) in [6.45, 7) is 3.40. The average Bonchev–Trinajstić information content (AvgIpc) is 3.28. The van der Waals surface area contributed by atoms with E-state index in [0.717, 1.165) is 5.39 Å². The molecule has 1 saturated carbocycles. The number of amides is 1. The molecule has 12 heteroatoms. The lowest BCUT2D eigenvalue weighted by Gasteiger charge is -2.12. The van der Waals surface area contributed by atoms with E-state index in [2.05, 4.69) is 15.1 Å². The summed E-state index contributed by atoms with van der Waals surface area (Å²) < 4.78 is 47.7. The van der Waals surface area contributed by atoms with Gasteiger partial charge in [0, 0.05) is 79.0 Å². The fourth-order valence-corrected chi connectivity index (χ4v) is 5.63. The zero-order chi connectivity index (χ0) is 32.2. The topological polar surface area (TPSA) is 107 Å². The van der Waals surface area contributed by atoms with Crippen LogP contribution in [0.15, 0.2) is 59.7 Å². The van der Waals surface area contributed by atoms with Crippen molar-refractivity contribution in [2.75, 3.05) is 26.4 Å². The molecule has 0 aliphatic heterocycles. The van der Waals surface area contributed by atoms with Crippen LogP contribution >= 0.6 is 0 Å². The van der Waals surface area contributed by atoms with E-state index in [1.807, 2.05) is 19.2 Å². The molecule has 45 heavy (non-hydrogen) atoms. The number of aryl methyl sites for hydroxylation is 2. The van der Waals surface area contributed by atoms with Crippen LogP contribution in [0.4, 0.5) is 18.9 Å². The van der Waals surface area contributed by atoms with Crippen LogP contribution in [0.2, 0.25) is 0 Å². The number of nitrogen functional groups attached to an aromatic ring is 1. The number of halogens is 3. The molecule has 1 fully saturated rings. The summed E-state index contributed by atoms with van der Waals surface area (Å²) in [7, 11) is 5.10. The fraction of sp³-hybridized carbons (Fsp3) is 0.303. The Labute approximate surface area is 258 Å². The molecule has 2 N–H and O–H groups in total. The Morgan fingerprint density at radius 3 is 2.56 bits per heavy atom. The number of anilines is 1. The van der Waals surface area contributed by atoms with E-state index in [9.17, 15) is 13.6 Å². The maximum Gasteiger partial charge on any atom is 0.256 e. The van der Waals surface area contributed by atoms with Crippen LogP contribution in [-0.2, 0) is 7.05 Å². The van der Waals surface area contributed by atoms with Gasteiger partial charge < -0.3 is 10.6 Å². The first-order chi connectivity index (χ1) is 21.4. The number of rotatable bonds is 8. The van der Waals surface area contributed by atoms with Crippen LogP contribution in [0, 0.1) is 13.8 Å². The van der Waals surface area contributed by atoms with Gasteiger partial charge in [0.05, 0.1) is 29.5 Å². The lowest BCUT2D eigenvalue weighted by Crippen LogP contribution is -2.21. The van der Waals surface area contributed by atoms with Gasteiger partial charge in [0.15, 0.2) is 5.65 Å². The van der Waals surface area contributed by atoms with Gasteiger partial charge >= 0.3 is 0 Å². The fourth-order valence-electron chi connectivity index (χ4n) is 5.63. The normalized spacial score (nSPS) is 16.4. The highest BCUT2D eigenvalue weighted by molar-refractivity contribution is 5.96. The number of nitrogens with two attached hydrogens (primary N) is 1. The number of fused-ring (bicyclic) bond motifs is 1. The van der Waals surface area contributed by atoms with Crippen molar-refractivity contribution in [2.45, 2.75) is 38.3 Å². The molecule has 0 saturated heterocycles. The second-order valence-corrected chi connectivity index (χ2v) is 11.7. The lowest BCUT2D eigenvalue weighted by molar-refractivity contribution is 0.0827. The quantitative estimate of drug-likeness (QED) is 0.171. The largest absolute Gasteiger partial charge is 0.398 e. The number of carbonyl (C=O) groups excluding carboxylic acids is 1. The Balaban J connectivity index is 1.36. The van der Waals surface area contributed by atoms with Crippen LogP contribution in [0.5, 0.6) is 0 Å². The smallest absolute Gasteiger partial charge is 0.256 e. The zero-order valence-electron chi connectivity index (χ0n) is 25.6. The van der Waals surface area contributed by atoms with E-state index in [-0.39, 0.29) is 18.9 Å². The maximum atomic E-state index is 15.2. The number of alkyl halides is 3. The number of aliphatic imine (C=N–C) groups is 1. The highest BCUT2D eigenvalue weighted by Gasteiger charge is 2.59. The van der Waals surface area contributed by atoms with Gasteiger partial charge in [-0.05, 0) is 43.7 Å². The van der Waals surface area contributed by atoms with Gasteiger partial charge in [-0.15, -0.1) is 0 Å². The van der Waals surface area contributed by atoms with E-state index < -0.39 is 18.0 Å². The van der Waals surface area contributed by atoms with Gasteiger partial charge in [-0.2, -0.15) is 10.2 Å². The minimum Gasteiger partial charge on any atom is -0.398 e.